The number of ether oxygens (including phenoxy) is 1. The van der Waals surface area contributed by atoms with Crippen molar-refractivity contribution in [3.8, 4) is 5.75 Å². The number of alkyl halides is 3. The lowest BCUT2D eigenvalue weighted by atomic mass is 9.83. The minimum atomic E-state index is -4.73. The Bertz CT molecular complexity index is 514. The van der Waals surface area contributed by atoms with Crippen LogP contribution in [0.5, 0.6) is 5.75 Å². The van der Waals surface area contributed by atoms with E-state index in [1.54, 1.807) is 0 Å². The average molecular weight is 353 g/mol. The highest BCUT2D eigenvalue weighted by Gasteiger charge is 2.31. The fourth-order valence-corrected chi connectivity index (χ4v) is 2.47. The Labute approximate surface area is 139 Å². The van der Waals surface area contributed by atoms with E-state index in [-0.39, 0.29) is 29.5 Å². The van der Waals surface area contributed by atoms with E-state index in [4.69, 9.17) is 0 Å². The van der Waals surface area contributed by atoms with Crippen molar-refractivity contribution in [3.63, 3.8) is 0 Å². The summed E-state index contributed by atoms with van der Waals surface area (Å²) in [6.07, 6.45) is -2.64. The van der Waals surface area contributed by atoms with Crippen molar-refractivity contribution in [1.29, 1.82) is 0 Å². The molecule has 1 aromatic carbocycles. The second kappa shape index (κ2) is 7.88. The predicted molar refractivity (Wildman–Crippen MR) is 82.9 cm³/mol. The molecule has 130 valence electrons. The number of nitrogens with one attached hydrogen (secondary N) is 2. The van der Waals surface area contributed by atoms with E-state index in [0.29, 0.717) is 12.1 Å². The molecular weight excluding hydrogens is 333 g/mol. The summed E-state index contributed by atoms with van der Waals surface area (Å²) in [5.74, 6) is -0.641. The standard InChI is InChI=1S/C15H19F3N2O2.ClH/c1-14(7-2-8-19-9-14)10-20-13(21)11-3-5-12(6-4-11)22-15(16,17)18;/h3-6,19H,2,7-10H2,1H3,(H,20,21);1H. The summed E-state index contributed by atoms with van der Waals surface area (Å²) in [6, 6.07) is 4.90. The van der Waals surface area contributed by atoms with E-state index in [0.717, 1.165) is 38.1 Å². The minimum absolute atomic E-state index is 0. The number of hydrogen-bond donors (Lipinski definition) is 2. The predicted octanol–water partition coefficient (Wildman–Crippen LogP) is 3.13. The zero-order valence-corrected chi connectivity index (χ0v) is 13.5. The Morgan fingerprint density at radius 2 is 2.00 bits per heavy atom. The van der Waals surface area contributed by atoms with Crippen molar-refractivity contribution in [2.24, 2.45) is 5.41 Å². The first-order valence-electron chi connectivity index (χ1n) is 7.12. The average Bonchev–Trinajstić information content (AvgIpc) is 2.45. The molecule has 2 rings (SSSR count). The Hall–Kier alpha value is -1.47. The zero-order chi connectivity index (χ0) is 16.2. The summed E-state index contributed by atoms with van der Waals surface area (Å²) in [5.41, 5.74) is 0.314. The van der Waals surface area contributed by atoms with Gasteiger partial charge in [-0.15, -0.1) is 25.6 Å². The third kappa shape index (κ3) is 6.27. The molecule has 2 N–H and O–H groups in total. The first-order chi connectivity index (χ1) is 10.3. The van der Waals surface area contributed by atoms with Gasteiger partial charge >= 0.3 is 6.36 Å². The van der Waals surface area contributed by atoms with Crippen LogP contribution in [-0.4, -0.2) is 31.9 Å². The highest BCUT2D eigenvalue weighted by atomic mass is 35.5. The fourth-order valence-electron chi connectivity index (χ4n) is 2.47. The monoisotopic (exact) mass is 352 g/mol. The SMILES string of the molecule is CC1(CNC(=O)c2ccc(OC(F)(F)F)cc2)CCCNC1.Cl. The van der Waals surface area contributed by atoms with Crippen LogP contribution in [0.15, 0.2) is 24.3 Å². The van der Waals surface area contributed by atoms with Gasteiger partial charge in [-0.2, -0.15) is 0 Å². The van der Waals surface area contributed by atoms with Crippen molar-refractivity contribution in [3.05, 3.63) is 29.8 Å². The summed E-state index contributed by atoms with van der Waals surface area (Å²) in [7, 11) is 0. The first kappa shape index (κ1) is 19.6. The van der Waals surface area contributed by atoms with Gasteiger partial charge in [0.15, 0.2) is 0 Å². The third-order valence-corrected chi connectivity index (χ3v) is 3.71. The maximum absolute atomic E-state index is 12.1. The fraction of sp³-hybridized carbons (Fsp3) is 0.533. The molecular formula is C15H20ClF3N2O2. The maximum atomic E-state index is 12.1. The number of hydrogen-bond acceptors (Lipinski definition) is 3. The van der Waals surface area contributed by atoms with Crippen molar-refractivity contribution in [1.82, 2.24) is 10.6 Å². The number of benzene rings is 1. The van der Waals surface area contributed by atoms with Crippen LogP contribution in [0.25, 0.3) is 0 Å². The van der Waals surface area contributed by atoms with E-state index in [1.807, 2.05) is 0 Å². The first-order valence-corrected chi connectivity index (χ1v) is 7.12. The molecule has 8 heteroatoms. The molecule has 1 aliphatic rings. The van der Waals surface area contributed by atoms with Crippen LogP contribution < -0.4 is 15.4 Å². The summed E-state index contributed by atoms with van der Waals surface area (Å²) in [5, 5.41) is 6.13. The maximum Gasteiger partial charge on any atom is 0.573 e. The normalized spacial score (nSPS) is 21.2. The van der Waals surface area contributed by atoms with Crippen LogP contribution in [0.2, 0.25) is 0 Å². The molecule has 1 saturated heterocycles. The van der Waals surface area contributed by atoms with Crippen LogP contribution >= 0.6 is 12.4 Å². The second-order valence-electron chi connectivity index (χ2n) is 5.85. The molecule has 0 spiro atoms. The zero-order valence-electron chi connectivity index (χ0n) is 12.7. The van der Waals surface area contributed by atoms with Gasteiger partial charge in [-0.05, 0) is 49.1 Å². The van der Waals surface area contributed by atoms with Crippen molar-refractivity contribution >= 4 is 18.3 Å². The summed E-state index contributed by atoms with van der Waals surface area (Å²) in [4.78, 5) is 12.0. The summed E-state index contributed by atoms with van der Waals surface area (Å²) >= 11 is 0. The van der Waals surface area contributed by atoms with Crippen LogP contribution in [-0.2, 0) is 0 Å². The van der Waals surface area contributed by atoms with E-state index in [9.17, 15) is 18.0 Å². The molecule has 1 fully saturated rings. The van der Waals surface area contributed by atoms with E-state index in [1.165, 1.54) is 12.1 Å². The van der Waals surface area contributed by atoms with Gasteiger partial charge in [0.05, 0.1) is 0 Å². The lowest BCUT2D eigenvalue weighted by Gasteiger charge is -2.34. The third-order valence-electron chi connectivity index (χ3n) is 3.71. The molecule has 0 aliphatic carbocycles. The molecule has 23 heavy (non-hydrogen) atoms. The molecule has 1 aromatic rings. The van der Waals surface area contributed by atoms with Gasteiger partial charge in [-0.1, -0.05) is 6.92 Å². The van der Waals surface area contributed by atoms with Gasteiger partial charge in [0.25, 0.3) is 5.91 Å². The van der Waals surface area contributed by atoms with Crippen molar-refractivity contribution < 1.29 is 22.7 Å². The Morgan fingerprint density at radius 1 is 1.35 bits per heavy atom. The molecule has 1 heterocycles. The Morgan fingerprint density at radius 3 is 2.52 bits per heavy atom. The number of carbonyl (C=O) groups is 1. The van der Waals surface area contributed by atoms with Crippen LogP contribution in [0.1, 0.15) is 30.1 Å². The smallest absolute Gasteiger partial charge is 0.406 e. The quantitative estimate of drug-likeness (QED) is 0.875. The molecule has 0 aromatic heterocycles. The molecule has 0 saturated carbocycles. The van der Waals surface area contributed by atoms with E-state index >= 15 is 0 Å². The van der Waals surface area contributed by atoms with Gasteiger partial charge in [0.2, 0.25) is 0 Å². The Kier molecular flexibility index (Phi) is 6.70. The van der Waals surface area contributed by atoms with Gasteiger partial charge < -0.3 is 15.4 Å². The second-order valence-corrected chi connectivity index (χ2v) is 5.85. The van der Waals surface area contributed by atoms with Crippen LogP contribution in [0.4, 0.5) is 13.2 Å². The van der Waals surface area contributed by atoms with Gasteiger partial charge in [-0.3, -0.25) is 4.79 Å². The molecule has 4 nitrogen and oxygen atoms in total. The van der Waals surface area contributed by atoms with Crippen LogP contribution in [0.3, 0.4) is 0 Å². The van der Waals surface area contributed by atoms with Crippen molar-refractivity contribution in [2.75, 3.05) is 19.6 Å². The molecule has 1 atom stereocenters. The van der Waals surface area contributed by atoms with Gasteiger partial charge in [0, 0.05) is 18.7 Å². The van der Waals surface area contributed by atoms with E-state index < -0.39 is 6.36 Å². The van der Waals surface area contributed by atoms with Gasteiger partial charge in [0.1, 0.15) is 5.75 Å². The number of rotatable bonds is 4. The molecule has 0 bridgehead atoms. The lowest BCUT2D eigenvalue weighted by molar-refractivity contribution is -0.274. The summed E-state index contributed by atoms with van der Waals surface area (Å²) < 4.78 is 40.0. The number of carbonyl (C=O) groups excluding carboxylic acids is 1. The molecule has 1 unspecified atom stereocenters. The largest absolute Gasteiger partial charge is 0.573 e. The number of halogens is 4. The van der Waals surface area contributed by atoms with Crippen LogP contribution in [0, 0.1) is 5.41 Å². The number of amides is 1. The lowest BCUT2D eigenvalue weighted by Crippen LogP contribution is -2.45. The molecule has 1 amide bonds. The highest BCUT2D eigenvalue weighted by Crippen LogP contribution is 2.25. The van der Waals surface area contributed by atoms with E-state index in [2.05, 4.69) is 22.3 Å². The summed E-state index contributed by atoms with van der Waals surface area (Å²) in [6.45, 7) is 4.45. The Balaban J connectivity index is 0.00000264. The van der Waals surface area contributed by atoms with Gasteiger partial charge in [-0.25, -0.2) is 0 Å². The van der Waals surface area contributed by atoms with Crippen molar-refractivity contribution in [2.45, 2.75) is 26.1 Å². The number of piperidine rings is 1. The topological polar surface area (TPSA) is 50.4 Å². The minimum Gasteiger partial charge on any atom is -0.406 e. The highest BCUT2D eigenvalue weighted by molar-refractivity contribution is 5.94. The molecule has 0 radical (unpaired) electrons. The molecule has 1 aliphatic heterocycles.